The van der Waals surface area contributed by atoms with Crippen molar-refractivity contribution in [1.29, 1.82) is 5.26 Å². The minimum absolute atomic E-state index is 0.0951. The molecule has 34 heavy (non-hydrogen) atoms. The molecule has 0 unspecified atom stereocenters. The van der Waals surface area contributed by atoms with E-state index in [0.29, 0.717) is 17.0 Å². The zero-order chi connectivity index (χ0) is 23.9. The Morgan fingerprint density at radius 2 is 1.94 bits per heavy atom. The second-order valence-electron chi connectivity index (χ2n) is 7.42. The third-order valence-corrected chi connectivity index (χ3v) is 4.90. The summed E-state index contributed by atoms with van der Waals surface area (Å²) in [5.74, 6) is -0.685. The van der Waals surface area contributed by atoms with Gasteiger partial charge in [0.25, 0.3) is 0 Å². The van der Waals surface area contributed by atoms with Crippen molar-refractivity contribution in [2.45, 2.75) is 19.4 Å². The molecule has 0 aliphatic rings. The molecule has 0 aliphatic heterocycles. The smallest absolute Gasteiger partial charge is 0.224 e. The largest absolute Gasteiger partial charge is 0.489 e. The van der Waals surface area contributed by atoms with Crippen LogP contribution in [0.4, 0.5) is 14.5 Å². The van der Waals surface area contributed by atoms with Gasteiger partial charge in [0.2, 0.25) is 5.91 Å². The van der Waals surface area contributed by atoms with Crippen LogP contribution in [0.1, 0.15) is 23.4 Å². The molecule has 1 aromatic heterocycles. The number of aromatic nitrogens is 1. The molecule has 0 saturated carbocycles. The van der Waals surface area contributed by atoms with Gasteiger partial charge in [0.05, 0.1) is 23.4 Å². The SMILES string of the molecule is N#Cc1cccc(COc2cccc(NC(=O)CCc3ncc(-c4ccc(F)cc4F)o3)c2)c1. The average Bonchev–Trinajstić information content (AvgIpc) is 3.30. The van der Waals surface area contributed by atoms with Crippen LogP contribution in [-0.2, 0) is 17.8 Å². The van der Waals surface area contributed by atoms with Crippen molar-refractivity contribution < 1.29 is 22.7 Å². The van der Waals surface area contributed by atoms with Gasteiger partial charge in [-0.3, -0.25) is 4.79 Å². The molecule has 0 atom stereocenters. The molecule has 1 heterocycles. The lowest BCUT2D eigenvalue weighted by Gasteiger charge is -2.09. The Kier molecular flexibility index (Phi) is 6.94. The molecule has 3 aromatic carbocycles. The summed E-state index contributed by atoms with van der Waals surface area (Å²) in [5, 5.41) is 11.8. The first kappa shape index (κ1) is 22.7. The van der Waals surface area contributed by atoms with E-state index in [9.17, 15) is 13.6 Å². The van der Waals surface area contributed by atoms with Crippen LogP contribution in [0.15, 0.2) is 77.3 Å². The highest BCUT2D eigenvalue weighted by Crippen LogP contribution is 2.25. The van der Waals surface area contributed by atoms with Crippen molar-refractivity contribution in [2.24, 2.45) is 0 Å². The minimum atomic E-state index is -0.750. The molecule has 0 spiro atoms. The Hall–Kier alpha value is -4.51. The number of nitrogens with one attached hydrogen (secondary N) is 1. The van der Waals surface area contributed by atoms with Gasteiger partial charge in [-0.25, -0.2) is 13.8 Å². The number of aryl methyl sites for hydroxylation is 1. The molecular weight excluding hydrogens is 440 g/mol. The fourth-order valence-electron chi connectivity index (χ4n) is 3.24. The first-order chi connectivity index (χ1) is 16.5. The fourth-order valence-corrected chi connectivity index (χ4v) is 3.24. The number of ether oxygens (including phenoxy) is 1. The van der Waals surface area contributed by atoms with E-state index in [0.717, 1.165) is 17.7 Å². The molecule has 4 rings (SSSR count). The van der Waals surface area contributed by atoms with Gasteiger partial charge in [0, 0.05) is 30.7 Å². The lowest BCUT2D eigenvalue weighted by atomic mass is 10.1. The lowest BCUT2D eigenvalue weighted by Crippen LogP contribution is -2.12. The van der Waals surface area contributed by atoms with Gasteiger partial charge in [-0.15, -0.1) is 0 Å². The number of oxazole rings is 1. The number of anilines is 1. The maximum atomic E-state index is 13.9. The highest BCUT2D eigenvalue weighted by molar-refractivity contribution is 5.90. The Morgan fingerprint density at radius 3 is 2.76 bits per heavy atom. The second kappa shape index (κ2) is 10.4. The maximum Gasteiger partial charge on any atom is 0.224 e. The highest BCUT2D eigenvalue weighted by atomic mass is 19.1. The standard InChI is InChI=1S/C26H19F2N3O3/c27-19-7-8-22(23(28)12-19)24-15-30-26(34-24)10-9-25(32)31-20-5-2-6-21(13-20)33-16-18-4-1-3-17(11-18)14-29/h1-8,11-13,15H,9-10,16H2,(H,31,32). The van der Waals surface area contributed by atoms with Crippen LogP contribution in [-0.4, -0.2) is 10.9 Å². The predicted octanol–water partition coefficient (Wildman–Crippen LogP) is 5.64. The van der Waals surface area contributed by atoms with E-state index in [-0.39, 0.29) is 42.6 Å². The molecule has 0 radical (unpaired) electrons. The molecule has 170 valence electrons. The molecule has 0 aliphatic carbocycles. The number of nitrogens with zero attached hydrogens (tertiary/aromatic N) is 2. The predicted molar refractivity (Wildman–Crippen MR) is 121 cm³/mol. The summed E-state index contributed by atoms with van der Waals surface area (Å²) >= 11 is 0. The first-order valence-electron chi connectivity index (χ1n) is 10.4. The molecule has 0 bridgehead atoms. The van der Waals surface area contributed by atoms with Crippen LogP contribution in [0.2, 0.25) is 0 Å². The van der Waals surface area contributed by atoms with Crippen molar-refractivity contribution in [3.8, 4) is 23.1 Å². The maximum absolute atomic E-state index is 13.9. The third-order valence-electron chi connectivity index (χ3n) is 4.90. The lowest BCUT2D eigenvalue weighted by molar-refractivity contribution is -0.116. The Balaban J connectivity index is 1.30. The summed E-state index contributed by atoms with van der Waals surface area (Å²) in [5.41, 5.74) is 2.08. The van der Waals surface area contributed by atoms with E-state index >= 15 is 0 Å². The van der Waals surface area contributed by atoms with Crippen LogP contribution in [0.3, 0.4) is 0 Å². The molecule has 4 aromatic rings. The second-order valence-corrected chi connectivity index (χ2v) is 7.42. The Labute approximate surface area is 194 Å². The molecule has 8 heteroatoms. The van der Waals surface area contributed by atoms with Crippen molar-refractivity contribution in [3.63, 3.8) is 0 Å². The van der Waals surface area contributed by atoms with E-state index in [2.05, 4.69) is 16.4 Å². The van der Waals surface area contributed by atoms with Gasteiger partial charge >= 0.3 is 0 Å². The van der Waals surface area contributed by atoms with Crippen LogP contribution in [0.5, 0.6) is 5.75 Å². The zero-order valence-electron chi connectivity index (χ0n) is 17.9. The van der Waals surface area contributed by atoms with Crippen LogP contribution in [0, 0.1) is 23.0 Å². The Morgan fingerprint density at radius 1 is 1.09 bits per heavy atom. The minimum Gasteiger partial charge on any atom is -0.489 e. The molecular formula is C26H19F2N3O3. The zero-order valence-corrected chi connectivity index (χ0v) is 17.9. The van der Waals surface area contributed by atoms with E-state index in [4.69, 9.17) is 14.4 Å². The quantitative estimate of drug-likeness (QED) is 0.368. The normalized spacial score (nSPS) is 10.5. The van der Waals surface area contributed by atoms with E-state index < -0.39 is 11.6 Å². The number of carbonyl (C=O) groups excluding carboxylic acids is 1. The van der Waals surface area contributed by atoms with Gasteiger partial charge < -0.3 is 14.5 Å². The summed E-state index contributed by atoms with van der Waals surface area (Å²) < 4.78 is 38.3. The van der Waals surface area contributed by atoms with E-state index in [1.54, 1.807) is 42.5 Å². The average molecular weight is 459 g/mol. The summed E-state index contributed by atoms with van der Waals surface area (Å²) in [4.78, 5) is 16.4. The molecule has 0 fully saturated rings. The highest BCUT2D eigenvalue weighted by Gasteiger charge is 2.13. The van der Waals surface area contributed by atoms with Gasteiger partial charge in [0.1, 0.15) is 24.0 Å². The first-order valence-corrected chi connectivity index (χ1v) is 10.4. The van der Waals surface area contributed by atoms with Crippen molar-refractivity contribution in [3.05, 3.63) is 102 Å². The van der Waals surface area contributed by atoms with E-state index in [1.165, 1.54) is 12.3 Å². The van der Waals surface area contributed by atoms with Gasteiger partial charge in [-0.2, -0.15) is 5.26 Å². The van der Waals surface area contributed by atoms with Crippen molar-refractivity contribution >= 4 is 11.6 Å². The van der Waals surface area contributed by atoms with Crippen LogP contribution >= 0.6 is 0 Å². The summed E-state index contributed by atoms with van der Waals surface area (Å²) in [6.07, 6.45) is 1.65. The van der Waals surface area contributed by atoms with Crippen LogP contribution in [0.25, 0.3) is 11.3 Å². The number of carbonyl (C=O) groups is 1. The number of hydrogen-bond acceptors (Lipinski definition) is 5. The monoisotopic (exact) mass is 459 g/mol. The van der Waals surface area contributed by atoms with Crippen molar-refractivity contribution in [1.82, 2.24) is 4.98 Å². The number of hydrogen-bond donors (Lipinski definition) is 1. The molecule has 0 saturated heterocycles. The summed E-state index contributed by atoms with van der Waals surface area (Å²) in [6, 6.07) is 19.4. The summed E-state index contributed by atoms with van der Waals surface area (Å²) in [6.45, 7) is 0.286. The number of halogens is 2. The number of benzene rings is 3. The van der Waals surface area contributed by atoms with E-state index in [1.807, 2.05) is 6.07 Å². The van der Waals surface area contributed by atoms with Crippen LogP contribution < -0.4 is 10.1 Å². The number of rotatable bonds is 8. The van der Waals surface area contributed by atoms with Crippen molar-refractivity contribution in [2.75, 3.05) is 5.32 Å². The Bertz CT molecular complexity index is 1360. The topological polar surface area (TPSA) is 88.1 Å². The number of nitriles is 1. The van der Waals surface area contributed by atoms with Gasteiger partial charge in [-0.05, 0) is 42.0 Å². The molecule has 6 nitrogen and oxygen atoms in total. The van der Waals surface area contributed by atoms with Gasteiger partial charge in [-0.1, -0.05) is 18.2 Å². The third kappa shape index (κ3) is 5.84. The summed E-state index contributed by atoms with van der Waals surface area (Å²) in [7, 11) is 0. The van der Waals surface area contributed by atoms with Gasteiger partial charge in [0.15, 0.2) is 11.7 Å². The number of amides is 1. The molecule has 1 amide bonds. The molecule has 1 N–H and O–H groups in total. The fraction of sp³-hybridized carbons (Fsp3) is 0.115.